The Morgan fingerprint density at radius 2 is 1.82 bits per heavy atom. The molecule has 22 heavy (non-hydrogen) atoms. The minimum atomic E-state index is -0.0651. The van der Waals surface area contributed by atoms with Crippen LogP contribution in [-0.4, -0.2) is 25.9 Å². The minimum Gasteiger partial charge on any atom is -0.497 e. The Bertz CT molecular complexity index is 641. The highest BCUT2D eigenvalue weighted by Crippen LogP contribution is 2.26. The molecule has 0 aliphatic heterocycles. The molecule has 0 heterocycles. The van der Waals surface area contributed by atoms with Gasteiger partial charge < -0.3 is 14.8 Å². The number of carbonyl (C=O) groups excluding carboxylic acids is 1. The van der Waals surface area contributed by atoms with E-state index in [1.807, 2.05) is 49.4 Å². The number of benzene rings is 2. The molecule has 0 aliphatic rings. The fourth-order valence-corrected chi connectivity index (χ4v) is 2.63. The molecule has 0 saturated heterocycles. The maximum atomic E-state index is 12.1. The first-order valence-electron chi connectivity index (χ1n) is 6.83. The van der Waals surface area contributed by atoms with Gasteiger partial charge in [-0.05, 0) is 48.9 Å². The number of rotatable bonds is 6. The van der Waals surface area contributed by atoms with Crippen LogP contribution in [0, 0.1) is 6.92 Å². The van der Waals surface area contributed by atoms with Gasteiger partial charge in [-0.15, -0.1) is 11.8 Å². The van der Waals surface area contributed by atoms with E-state index in [2.05, 4.69) is 5.32 Å². The number of ether oxygens (including phenoxy) is 2. The van der Waals surface area contributed by atoms with Gasteiger partial charge in [-0.1, -0.05) is 6.07 Å². The van der Waals surface area contributed by atoms with E-state index in [0.29, 0.717) is 17.2 Å². The number of hydrogen-bond donors (Lipinski definition) is 1. The lowest BCUT2D eigenvalue weighted by molar-refractivity contribution is -0.113. The average Bonchev–Trinajstić information content (AvgIpc) is 2.53. The number of methoxy groups -OCH3 is 2. The molecule has 2 aromatic carbocycles. The molecular weight excluding hydrogens is 298 g/mol. The van der Waals surface area contributed by atoms with Crippen LogP contribution in [-0.2, 0) is 4.79 Å². The molecule has 0 aromatic heterocycles. The van der Waals surface area contributed by atoms with Crippen molar-refractivity contribution in [2.45, 2.75) is 11.8 Å². The molecule has 1 amide bonds. The SMILES string of the molecule is COc1ccc(SCC(=O)Nc2cc(C)ccc2OC)cc1. The third-order valence-electron chi connectivity index (χ3n) is 3.06. The zero-order valence-electron chi connectivity index (χ0n) is 12.9. The van der Waals surface area contributed by atoms with Gasteiger partial charge >= 0.3 is 0 Å². The van der Waals surface area contributed by atoms with Gasteiger partial charge in [-0.2, -0.15) is 0 Å². The van der Waals surface area contributed by atoms with E-state index < -0.39 is 0 Å². The fraction of sp³-hybridized carbons (Fsp3) is 0.235. The van der Waals surface area contributed by atoms with E-state index in [1.54, 1.807) is 14.2 Å². The van der Waals surface area contributed by atoms with E-state index in [9.17, 15) is 4.79 Å². The van der Waals surface area contributed by atoms with Gasteiger partial charge in [0.1, 0.15) is 11.5 Å². The van der Waals surface area contributed by atoms with Crippen LogP contribution in [0.2, 0.25) is 0 Å². The first kappa shape index (κ1) is 16.2. The molecule has 0 unspecified atom stereocenters. The van der Waals surface area contributed by atoms with Gasteiger partial charge in [0, 0.05) is 4.90 Å². The van der Waals surface area contributed by atoms with E-state index in [0.717, 1.165) is 16.2 Å². The first-order chi connectivity index (χ1) is 10.6. The summed E-state index contributed by atoms with van der Waals surface area (Å²) in [4.78, 5) is 13.1. The number of thioether (sulfide) groups is 1. The molecule has 116 valence electrons. The molecule has 0 atom stereocenters. The molecule has 0 fully saturated rings. The molecule has 0 radical (unpaired) electrons. The minimum absolute atomic E-state index is 0.0651. The standard InChI is InChI=1S/C17H19NO3S/c1-12-4-9-16(21-3)15(10-12)18-17(19)11-22-14-7-5-13(20-2)6-8-14/h4-10H,11H2,1-3H3,(H,18,19). The van der Waals surface area contributed by atoms with Gasteiger partial charge in [-0.3, -0.25) is 4.79 Å². The van der Waals surface area contributed by atoms with E-state index in [-0.39, 0.29) is 5.91 Å². The lowest BCUT2D eigenvalue weighted by Gasteiger charge is -2.11. The van der Waals surface area contributed by atoms with Crippen LogP contribution in [0.15, 0.2) is 47.4 Å². The van der Waals surface area contributed by atoms with Crippen molar-refractivity contribution >= 4 is 23.4 Å². The van der Waals surface area contributed by atoms with Gasteiger partial charge in [0.2, 0.25) is 5.91 Å². The Morgan fingerprint density at radius 3 is 2.45 bits per heavy atom. The number of nitrogens with one attached hydrogen (secondary N) is 1. The highest BCUT2D eigenvalue weighted by molar-refractivity contribution is 8.00. The molecular formula is C17H19NO3S. The van der Waals surface area contributed by atoms with Crippen LogP contribution < -0.4 is 14.8 Å². The van der Waals surface area contributed by atoms with Crippen molar-refractivity contribution in [1.82, 2.24) is 0 Å². The second kappa shape index (κ2) is 7.75. The number of aryl methyl sites for hydroxylation is 1. The monoisotopic (exact) mass is 317 g/mol. The van der Waals surface area contributed by atoms with E-state index in [1.165, 1.54) is 11.8 Å². The summed E-state index contributed by atoms with van der Waals surface area (Å²) < 4.78 is 10.4. The van der Waals surface area contributed by atoms with Crippen molar-refractivity contribution in [3.63, 3.8) is 0 Å². The summed E-state index contributed by atoms with van der Waals surface area (Å²) in [6.07, 6.45) is 0. The Morgan fingerprint density at radius 1 is 1.09 bits per heavy atom. The van der Waals surface area contributed by atoms with Crippen molar-refractivity contribution in [3.8, 4) is 11.5 Å². The van der Waals surface area contributed by atoms with Crippen LogP contribution in [0.25, 0.3) is 0 Å². The second-order valence-corrected chi connectivity index (χ2v) is 5.76. The number of carbonyl (C=O) groups is 1. The normalized spacial score (nSPS) is 10.1. The van der Waals surface area contributed by atoms with Crippen molar-refractivity contribution in [3.05, 3.63) is 48.0 Å². The summed E-state index contributed by atoms with van der Waals surface area (Å²) in [7, 11) is 3.22. The van der Waals surface area contributed by atoms with Gasteiger partial charge in [0.15, 0.2) is 0 Å². The van der Waals surface area contributed by atoms with Crippen molar-refractivity contribution < 1.29 is 14.3 Å². The summed E-state index contributed by atoms with van der Waals surface area (Å²) in [6.45, 7) is 1.97. The molecule has 4 nitrogen and oxygen atoms in total. The third-order valence-corrected chi connectivity index (χ3v) is 4.07. The fourth-order valence-electron chi connectivity index (χ4n) is 1.93. The number of hydrogen-bond acceptors (Lipinski definition) is 4. The zero-order valence-corrected chi connectivity index (χ0v) is 13.7. The highest BCUT2D eigenvalue weighted by atomic mass is 32.2. The van der Waals surface area contributed by atoms with E-state index >= 15 is 0 Å². The number of amides is 1. The summed E-state index contributed by atoms with van der Waals surface area (Å²) in [6, 6.07) is 13.3. The largest absolute Gasteiger partial charge is 0.497 e. The molecule has 5 heteroatoms. The van der Waals surface area contributed by atoms with Crippen molar-refractivity contribution in [1.29, 1.82) is 0 Å². The number of anilines is 1. The zero-order chi connectivity index (χ0) is 15.9. The molecule has 0 saturated carbocycles. The molecule has 0 aliphatic carbocycles. The Labute approximate surface area is 134 Å². The van der Waals surface area contributed by atoms with Crippen LogP contribution in [0.3, 0.4) is 0 Å². The van der Waals surface area contributed by atoms with Gasteiger partial charge in [-0.25, -0.2) is 0 Å². The van der Waals surface area contributed by atoms with Crippen LogP contribution >= 0.6 is 11.8 Å². The summed E-state index contributed by atoms with van der Waals surface area (Å²) in [5.74, 6) is 1.74. The quantitative estimate of drug-likeness (QED) is 0.825. The Kier molecular flexibility index (Phi) is 5.72. The molecule has 2 aromatic rings. The second-order valence-electron chi connectivity index (χ2n) is 4.72. The van der Waals surface area contributed by atoms with Crippen LogP contribution in [0.4, 0.5) is 5.69 Å². The molecule has 0 bridgehead atoms. The smallest absolute Gasteiger partial charge is 0.234 e. The maximum absolute atomic E-state index is 12.1. The average molecular weight is 317 g/mol. The lowest BCUT2D eigenvalue weighted by Crippen LogP contribution is -2.14. The third kappa shape index (κ3) is 4.43. The predicted molar refractivity (Wildman–Crippen MR) is 90.1 cm³/mol. The summed E-state index contributed by atoms with van der Waals surface area (Å²) in [5, 5.41) is 2.89. The highest BCUT2D eigenvalue weighted by Gasteiger charge is 2.08. The van der Waals surface area contributed by atoms with Crippen molar-refractivity contribution in [2.24, 2.45) is 0 Å². The summed E-state index contributed by atoms with van der Waals surface area (Å²) >= 11 is 1.48. The first-order valence-corrected chi connectivity index (χ1v) is 7.82. The van der Waals surface area contributed by atoms with Crippen LogP contribution in [0.5, 0.6) is 11.5 Å². The predicted octanol–water partition coefficient (Wildman–Crippen LogP) is 3.74. The maximum Gasteiger partial charge on any atom is 0.234 e. The molecule has 1 N–H and O–H groups in total. The Hall–Kier alpha value is -2.14. The molecule has 0 spiro atoms. The lowest BCUT2D eigenvalue weighted by atomic mass is 10.2. The summed E-state index contributed by atoms with van der Waals surface area (Å²) in [5.41, 5.74) is 1.77. The van der Waals surface area contributed by atoms with E-state index in [4.69, 9.17) is 9.47 Å². The van der Waals surface area contributed by atoms with Crippen LogP contribution in [0.1, 0.15) is 5.56 Å². The molecule has 2 rings (SSSR count). The topological polar surface area (TPSA) is 47.6 Å². The van der Waals surface area contributed by atoms with Crippen molar-refractivity contribution in [2.75, 3.05) is 25.3 Å². The Balaban J connectivity index is 1.94. The van der Waals surface area contributed by atoms with Gasteiger partial charge in [0.25, 0.3) is 0 Å². The van der Waals surface area contributed by atoms with Gasteiger partial charge in [0.05, 0.1) is 25.7 Å².